The number of piperidine rings is 1. The average Bonchev–Trinajstić information content (AvgIpc) is 3.27. The molecule has 6 nitrogen and oxygen atoms in total. The number of carbonyl (C=O) groups excluding carboxylic acids is 1. The molecule has 2 heterocycles. The summed E-state index contributed by atoms with van der Waals surface area (Å²) in [4.78, 5) is 20.5. The molecule has 2 aliphatic rings. The van der Waals surface area contributed by atoms with Crippen LogP contribution in [0.1, 0.15) is 67.2 Å². The molecular formula is C30H40N4O2. The van der Waals surface area contributed by atoms with Crippen LogP contribution in [0.3, 0.4) is 0 Å². The zero-order chi connectivity index (χ0) is 24.9. The number of hydrogen-bond donors (Lipinski definition) is 1. The van der Waals surface area contributed by atoms with Crippen LogP contribution in [0.2, 0.25) is 0 Å². The fourth-order valence-electron chi connectivity index (χ4n) is 6.06. The highest BCUT2D eigenvalue weighted by atomic mass is 16.5. The van der Waals surface area contributed by atoms with Gasteiger partial charge in [0.05, 0.1) is 5.69 Å². The number of aryl methyl sites for hydroxylation is 1. The molecule has 2 atom stereocenters. The van der Waals surface area contributed by atoms with Crippen molar-refractivity contribution < 1.29 is 9.53 Å². The number of fused-ring (bicyclic) bond motifs is 2. The maximum Gasteiger partial charge on any atom is 0.224 e. The van der Waals surface area contributed by atoms with Crippen LogP contribution < -0.4 is 5.73 Å². The summed E-state index contributed by atoms with van der Waals surface area (Å²) in [5, 5.41) is 2.45. The third kappa shape index (κ3) is 5.65. The van der Waals surface area contributed by atoms with E-state index >= 15 is 0 Å². The molecule has 0 saturated carbocycles. The van der Waals surface area contributed by atoms with Crippen molar-refractivity contribution in [2.24, 2.45) is 5.73 Å². The topological polar surface area (TPSA) is 73.4 Å². The first-order chi connectivity index (χ1) is 17.6. The van der Waals surface area contributed by atoms with Gasteiger partial charge in [0.15, 0.2) is 0 Å². The lowest BCUT2D eigenvalue weighted by molar-refractivity contribution is -0.132. The minimum atomic E-state index is -0.178. The molecular weight excluding hydrogens is 448 g/mol. The second-order valence-corrected chi connectivity index (χ2v) is 10.6. The number of amides is 1. The van der Waals surface area contributed by atoms with Crippen LogP contribution in [-0.2, 0) is 35.3 Å². The van der Waals surface area contributed by atoms with Gasteiger partial charge < -0.3 is 19.9 Å². The van der Waals surface area contributed by atoms with Crippen molar-refractivity contribution in [2.75, 3.05) is 26.8 Å². The van der Waals surface area contributed by atoms with Crippen LogP contribution in [-0.4, -0.2) is 53.2 Å². The van der Waals surface area contributed by atoms with E-state index in [1.54, 1.807) is 7.11 Å². The second-order valence-electron chi connectivity index (χ2n) is 10.6. The maximum atomic E-state index is 13.3. The number of aromatic nitrogens is 2. The molecule has 0 radical (unpaired) electrons. The van der Waals surface area contributed by atoms with Gasteiger partial charge in [-0.25, -0.2) is 4.98 Å². The highest BCUT2D eigenvalue weighted by Crippen LogP contribution is 2.31. The van der Waals surface area contributed by atoms with E-state index in [-0.39, 0.29) is 11.9 Å². The van der Waals surface area contributed by atoms with Crippen molar-refractivity contribution in [3.8, 4) is 0 Å². The molecule has 1 aromatic heterocycles. The van der Waals surface area contributed by atoms with Gasteiger partial charge in [0.25, 0.3) is 0 Å². The fraction of sp³-hybridized carbons (Fsp3) is 0.533. The predicted molar refractivity (Wildman–Crippen MR) is 144 cm³/mol. The summed E-state index contributed by atoms with van der Waals surface area (Å²) in [5.74, 6) is 1.67. The van der Waals surface area contributed by atoms with E-state index in [0.717, 1.165) is 58.3 Å². The molecule has 2 unspecified atom stereocenters. The van der Waals surface area contributed by atoms with Crippen LogP contribution in [0.5, 0.6) is 0 Å². The van der Waals surface area contributed by atoms with E-state index < -0.39 is 0 Å². The zero-order valence-corrected chi connectivity index (χ0v) is 21.6. The van der Waals surface area contributed by atoms with Crippen molar-refractivity contribution in [3.05, 3.63) is 65.2 Å². The molecule has 5 rings (SSSR count). The Balaban J connectivity index is 1.23. The number of ether oxygens (including phenoxy) is 1. The first kappa shape index (κ1) is 25.0. The van der Waals surface area contributed by atoms with E-state index in [2.05, 4.69) is 47.0 Å². The number of nitrogens with two attached hydrogens (primary N) is 1. The molecule has 1 saturated heterocycles. The summed E-state index contributed by atoms with van der Waals surface area (Å²) in [6.45, 7) is 3.28. The predicted octanol–water partition coefficient (Wildman–Crippen LogP) is 4.62. The van der Waals surface area contributed by atoms with Gasteiger partial charge in [-0.2, -0.15) is 0 Å². The molecule has 36 heavy (non-hydrogen) atoms. The van der Waals surface area contributed by atoms with E-state index in [1.807, 2.05) is 4.90 Å². The van der Waals surface area contributed by atoms with Crippen LogP contribution in [0.25, 0.3) is 10.8 Å². The Labute approximate surface area is 214 Å². The lowest BCUT2D eigenvalue weighted by atomic mass is 9.95. The minimum absolute atomic E-state index is 0.176. The first-order valence-corrected chi connectivity index (χ1v) is 13.7. The van der Waals surface area contributed by atoms with Gasteiger partial charge in [0.1, 0.15) is 5.82 Å². The lowest BCUT2D eigenvalue weighted by Crippen LogP contribution is -2.42. The number of methoxy groups -OCH3 is 1. The van der Waals surface area contributed by atoms with Crippen LogP contribution >= 0.6 is 0 Å². The van der Waals surface area contributed by atoms with Crippen molar-refractivity contribution >= 4 is 16.7 Å². The van der Waals surface area contributed by atoms with Gasteiger partial charge in [-0.05, 0) is 67.7 Å². The summed E-state index contributed by atoms with van der Waals surface area (Å²) < 4.78 is 7.79. The largest absolute Gasteiger partial charge is 0.385 e. The standard InChI is InChI=1S/C30H40N4O2/c1-36-17-7-16-34-28-12-5-4-11-27(28)32-30(34)25-10-6-15-33(21-25)29(35)20-26(31)19-22-13-14-23-8-2-3-9-24(23)18-22/h2-3,8-9,13-14,18,25-26H,4-7,10-12,15-17,19-21,31H2,1H3. The number of benzene rings is 2. The molecule has 192 valence electrons. The van der Waals surface area contributed by atoms with Crippen molar-refractivity contribution in [1.29, 1.82) is 0 Å². The molecule has 1 fully saturated rings. The van der Waals surface area contributed by atoms with Gasteiger partial charge in [0.2, 0.25) is 5.91 Å². The highest BCUT2D eigenvalue weighted by molar-refractivity contribution is 5.83. The Morgan fingerprint density at radius 3 is 2.83 bits per heavy atom. The minimum Gasteiger partial charge on any atom is -0.385 e. The molecule has 0 spiro atoms. The van der Waals surface area contributed by atoms with E-state index in [0.29, 0.717) is 18.8 Å². The second kappa shape index (κ2) is 11.6. The van der Waals surface area contributed by atoms with E-state index in [4.69, 9.17) is 15.5 Å². The summed E-state index contributed by atoms with van der Waals surface area (Å²) in [6.07, 6.45) is 8.87. The Hall–Kier alpha value is -2.70. The van der Waals surface area contributed by atoms with E-state index in [1.165, 1.54) is 46.4 Å². The summed E-state index contributed by atoms with van der Waals surface area (Å²) in [6, 6.07) is 14.7. The number of likely N-dealkylation sites (tertiary alicyclic amines) is 1. The number of nitrogens with zero attached hydrogens (tertiary/aromatic N) is 3. The number of imidazole rings is 1. The normalized spacial score (nSPS) is 18.8. The molecule has 3 aromatic rings. The molecule has 6 heteroatoms. The van der Waals surface area contributed by atoms with Gasteiger partial charge in [-0.15, -0.1) is 0 Å². The van der Waals surface area contributed by atoms with Crippen molar-refractivity contribution in [2.45, 2.75) is 76.3 Å². The summed E-state index contributed by atoms with van der Waals surface area (Å²) in [7, 11) is 1.76. The highest BCUT2D eigenvalue weighted by Gasteiger charge is 2.31. The molecule has 1 aliphatic carbocycles. The van der Waals surface area contributed by atoms with Gasteiger partial charge in [-0.1, -0.05) is 42.5 Å². The molecule has 1 aliphatic heterocycles. The van der Waals surface area contributed by atoms with Gasteiger partial charge >= 0.3 is 0 Å². The quantitative estimate of drug-likeness (QED) is 0.446. The smallest absolute Gasteiger partial charge is 0.224 e. The Morgan fingerprint density at radius 1 is 1.14 bits per heavy atom. The number of rotatable bonds is 9. The molecule has 2 aromatic carbocycles. The number of hydrogen-bond acceptors (Lipinski definition) is 4. The Morgan fingerprint density at radius 2 is 1.97 bits per heavy atom. The molecule has 1 amide bonds. The Bertz CT molecular complexity index is 1190. The van der Waals surface area contributed by atoms with Gasteiger partial charge in [-0.3, -0.25) is 4.79 Å². The summed E-state index contributed by atoms with van der Waals surface area (Å²) in [5.41, 5.74) is 10.4. The zero-order valence-electron chi connectivity index (χ0n) is 21.6. The van der Waals surface area contributed by atoms with Crippen molar-refractivity contribution in [3.63, 3.8) is 0 Å². The monoisotopic (exact) mass is 488 g/mol. The SMILES string of the molecule is COCCCn1c(C2CCCN(C(=O)CC(N)Cc3ccc4ccccc4c3)C2)nc2c1CCCC2. The number of carbonyl (C=O) groups is 1. The van der Waals surface area contributed by atoms with Gasteiger partial charge in [0, 0.05) is 57.4 Å². The van der Waals surface area contributed by atoms with Crippen molar-refractivity contribution in [1.82, 2.24) is 14.5 Å². The average molecular weight is 489 g/mol. The third-order valence-electron chi connectivity index (χ3n) is 7.88. The maximum absolute atomic E-state index is 13.3. The van der Waals surface area contributed by atoms with E-state index in [9.17, 15) is 4.79 Å². The van der Waals surface area contributed by atoms with Crippen LogP contribution in [0.15, 0.2) is 42.5 Å². The van der Waals surface area contributed by atoms with Crippen LogP contribution in [0, 0.1) is 0 Å². The van der Waals surface area contributed by atoms with Crippen LogP contribution in [0.4, 0.5) is 0 Å². The Kier molecular flexibility index (Phi) is 8.02. The first-order valence-electron chi connectivity index (χ1n) is 13.7. The fourth-order valence-corrected chi connectivity index (χ4v) is 6.06. The summed E-state index contributed by atoms with van der Waals surface area (Å²) >= 11 is 0. The molecule has 2 N–H and O–H groups in total. The third-order valence-corrected chi connectivity index (χ3v) is 7.88. The molecule has 0 bridgehead atoms. The lowest BCUT2D eigenvalue weighted by Gasteiger charge is -2.33.